The molecule has 0 aliphatic carbocycles. The number of methoxy groups -OCH3 is 1. The summed E-state index contributed by atoms with van der Waals surface area (Å²) in [5.41, 5.74) is 0.176. The van der Waals surface area contributed by atoms with Gasteiger partial charge in [0.2, 0.25) is 0 Å². The monoisotopic (exact) mass is 343 g/mol. The Morgan fingerprint density at radius 3 is 2.26 bits per heavy atom. The van der Waals surface area contributed by atoms with Crippen LogP contribution in [0, 0.1) is 11.6 Å². The first-order chi connectivity index (χ1) is 10.9. The van der Waals surface area contributed by atoms with Crippen LogP contribution in [0.5, 0.6) is 11.5 Å². The van der Waals surface area contributed by atoms with Gasteiger partial charge in [-0.05, 0) is 31.2 Å². The molecular formula is C15H15F2NO4S. The van der Waals surface area contributed by atoms with Crippen molar-refractivity contribution in [2.75, 3.05) is 18.4 Å². The molecule has 2 aromatic rings. The number of nitrogens with one attached hydrogen (secondary N) is 1. The molecule has 8 heteroatoms. The maximum absolute atomic E-state index is 13.2. The quantitative estimate of drug-likeness (QED) is 0.875. The molecule has 0 aromatic heterocycles. The lowest BCUT2D eigenvalue weighted by Crippen LogP contribution is -2.13. The van der Waals surface area contributed by atoms with E-state index in [-0.39, 0.29) is 5.69 Å². The van der Waals surface area contributed by atoms with E-state index in [1.165, 1.54) is 25.3 Å². The molecule has 2 aromatic carbocycles. The van der Waals surface area contributed by atoms with Crippen LogP contribution in [0.25, 0.3) is 0 Å². The van der Waals surface area contributed by atoms with Crippen molar-refractivity contribution in [2.24, 2.45) is 0 Å². The Balaban J connectivity index is 2.33. The summed E-state index contributed by atoms with van der Waals surface area (Å²) in [5, 5.41) is 0. The minimum Gasteiger partial charge on any atom is -0.493 e. The molecular weight excluding hydrogens is 328 g/mol. The lowest BCUT2D eigenvalue weighted by molar-refractivity contribution is 0.311. The maximum Gasteiger partial charge on any atom is 0.262 e. The zero-order valence-electron chi connectivity index (χ0n) is 12.5. The molecule has 0 atom stereocenters. The molecule has 0 fully saturated rings. The normalized spacial score (nSPS) is 11.1. The summed E-state index contributed by atoms with van der Waals surface area (Å²) in [6.07, 6.45) is 0. The molecule has 0 heterocycles. The van der Waals surface area contributed by atoms with Gasteiger partial charge in [0.05, 0.1) is 24.3 Å². The van der Waals surface area contributed by atoms with Crippen LogP contribution in [-0.2, 0) is 10.0 Å². The molecule has 0 aliphatic rings. The van der Waals surface area contributed by atoms with E-state index < -0.39 is 26.6 Å². The van der Waals surface area contributed by atoms with Crippen molar-refractivity contribution in [2.45, 2.75) is 11.8 Å². The summed E-state index contributed by atoms with van der Waals surface area (Å²) in [5.74, 6) is -1.17. The number of ether oxygens (including phenoxy) is 2. The van der Waals surface area contributed by atoms with Crippen LogP contribution in [0.15, 0.2) is 41.3 Å². The van der Waals surface area contributed by atoms with Crippen LogP contribution in [0.4, 0.5) is 14.5 Å². The van der Waals surface area contributed by atoms with E-state index in [2.05, 4.69) is 4.72 Å². The predicted molar refractivity (Wildman–Crippen MR) is 81.3 cm³/mol. The SMILES string of the molecule is CCOc1ccc(NS(=O)(=O)c2cc(F)cc(F)c2)cc1OC. The fourth-order valence-corrected chi connectivity index (χ4v) is 2.99. The van der Waals surface area contributed by atoms with Crippen molar-refractivity contribution in [1.82, 2.24) is 0 Å². The highest BCUT2D eigenvalue weighted by molar-refractivity contribution is 7.92. The topological polar surface area (TPSA) is 64.6 Å². The molecule has 23 heavy (non-hydrogen) atoms. The summed E-state index contributed by atoms with van der Waals surface area (Å²) < 4.78 is 63.5. The van der Waals surface area contributed by atoms with Crippen LogP contribution in [0.2, 0.25) is 0 Å². The predicted octanol–water partition coefficient (Wildman–Crippen LogP) is 3.17. The number of anilines is 1. The summed E-state index contributed by atoms with van der Waals surface area (Å²) in [4.78, 5) is -0.511. The minimum atomic E-state index is -4.13. The van der Waals surface area contributed by atoms with Crippen molar-refractivity contribution in [3.05, 3.63) is 48.0 Å². The van der Waals surface area contributed by atoms with E-state index in [4.69, 9.17) is 9.47 Å². The van der Waals surface area contributed by atoms with Gasteiger partial charge in [0.25, 0.3) is 10.0 Å². The average molecular weight is 343 g/mol. The Morgan fingerprint density at radius 2 is 1.70 bits per heavy atom. The van der Waals surface area contributed by atoms with Gasteiger partial charge in [-0.15, -0.1) is 0 Å². The fraction of sp³-hybridized carbons (Fsp3) is 0.200. The zero-order chi connectivity index (χ0) is 17.0. The van der Waals surface area contributed by atoms with E-state index in [1.54, 1.807) is 6.92 Å². The van der Waals surface area contributed by atoms with Gasteiger partial charge in [-0.2, -0.15) is 0 Å². The first-order valence-electron chi connectivity index (χ1n) is 6.65. The largest absolute Gasteiger partial charge is 0.493 e. The molecule has 0 unspecified atom stereocenters. The highest BCUT2D eigenvalue weighted by atomic mass is 32.2. The fourth-order valence-electron chi connectivity index (χ4n) is 1.90. The molecule has 0 saturated heterocycles. The summed E-state index contributed by atoms with van der Waals surface area (Å²) in [6, 6.07) is 6.47. The second-order valence-corrected chi connectivity index (χ2v) is 6.19. The van der Waals surface area contributed by atoms with Gasteiger partial charge in [0, 0.05) is 12.1 Å². The van der Waals surface area contributed by atoms with Crippen LogP contribution in [0.3, 0.4) is 0 Å². The first kappa shape index (κ1) is 17.0. The molecule has 5 nitrogen and oxygen atoms in total. The maximum atomic E-state index is 13.2. The third-order valence-corrected chi connectivity index (χ3v) is 4.22. The smallest absolute Gasteiger partial charge is 0.262 e. The van der Waals surface area contributed by atoms with Gasteiger partial charge in [-0.3, -0.25) is 4.72 Å². The van der Waals surface area contributed by atoms with Crippen molar-refractivity contribution in [1.29, 1.82) is 0 Å². The van der Waals surface area contributed by atoms with E-state index >= 15 is 0 Å². The Labute approximate surface area is 132 Å². The summed E-state index contributed by atoms with van der Waals surface area (Å²) in [6.45, 7) is 2.22. The lowest BCUT2D eigenvalue weighted by atomic mass is 10.3. The van der Waals surface area contributed by atoms with Gasteiger partial charge in [-0.1, -0.05) is 0 Å². The Bertz CT molecular complexity index is 789. The first-order valence-corrected chi connectivity index (χ1v) is 8.14. The third-order valence-electron chi connectivity index (χ3n) is 2.86. The van der Waals surface area contributed by atoms with Crippen LogP contribution in [-0.4, -0.2) is 22.1 Å². The van der Waals surface area contributed by atoms with Gasteiger partial charge in [0.1, 0.15) is 11.6 Å². The number of hydrogen-bond acceptors (Lipinski definition) is 4. The Hall–Kier alpha value is -2.35. The molecule has 0 radical (unpaired) electrons. The van der Waals surface area contributed by atoms with Crippen molar-refractivity contribution < 1.29 is 26.7 Å². The average Bonchev–Trinajstić information content (AvgIpc) is 2.47. The van der Waals surface area contributed by atoms with Crippen LogP contribution >= 0.6 is 0 Å². The Kier molecular flexibility index (Phi) is 5.05. The number of hydrogen-bond donors (Lipinski definition) is 1. The lowest BCUT2D eigenvalue weighted by Gasteiger charge is -2.13. The van der Waals surface area contributed by atoms with E-state index in [9.17, 15) is 17.2 Å². The number of halogens is 2. The molecule has 0 bridgehead atoms. The molecule has 0 aliphatic heterocycles. The van der Waals surface area contributed by atoms with Crippen LogP contribution < -0.4 is 14.2 Å². The van der Waals surface area contributed by atoms with Crippen LogP contribution in [0.1, 0.15) is 6.92 Å². The number of benzene rings is 2. The van der Waals surface area contributed by atoms with E-state index in [1.807, 2.05) is 0 Å². The van der Waals surface area contributed by atoms with Gasteiger partial charge >= 0.3 is 0 Å². The Morgan fingerprint density at radius 1 is 1.04 bits per heavy atom. The number of sulfonamides is 1. The zero-order valence-corrected chi connectivity index (χ0v) is 13.3. The second-order valence-electron chi connectivity index (χ2n) is 4.51. The highest BCUT2D eigenvalue weighted by Crippen LogP contribution is 2.31. The molecule has 0 saturated carbocycles. The second kappa shape index (κ2) is 6.82. The van der Waals surface area contributed by atoms with Crippen molar-refractivity contribution in [3.63, 3.8) is 0 Å². The van der Waals surface area contributed by atoms with E-state index in [0.717, 1.165) is 12.1 Å². The standard InChI is InChI=1S/C15H15F2NO4S/c1-3-22-14-5-4-12(9-15(14)21-2)18-23(19,20)13-7-10(16)6-11(17)8-13/h4-9,18H,3H2,1-2H3. The van der Waals surface area contributed by atoms with Gasteiger partial charge < -0.3 is 9.47 Å². The van der Waals surface area contributed by atoms with E-state index in [0.29, 0.717) is 24.2 Å². The minimum absolute atomic E-state index is 0.176. The molecule has 2 rings (SSSR count). The van der Waals surface area contributed by atoms with Gasteiger partial charge in [0.15, 0.2) is 11.5 Å². The van der Waals surface area contributed by atoms with Crippen molar-refractivity contribution >= 4 is 15.7 Å². The number of rotatable bonds is 6. The molecule has 124 valence electrons. The molecule has 0 amide bonds. The summed E-state index contributed by atoms with van der Waals surface area (Å²) in [7, 11) is -2.72. The molecule has 0 spiro atoms. The van der Waals surface area contributed by atoms with Crippen molar-refractivity contribution in [3.8, 4) is 11.5 Å². The molecule has 1 N–H and O–H groups in total. The highest BCUT2D eigenvalue weighted by Gasteiger charge is 2.17. The third kappa shape index (κ3) is 4.10. The summed E-state index contributed by atoms with van der Waals surface area (Å²) >= 11 is 0. The van der Waals surface area contributed by atoms with Gasteiger partial charge in [-0.25, -0.2) is 17.2 Å².